The lowest BCUT2D eigenvalue weighted by Crippen LogP contribution is -2.48. The van der Waals surface area contributed by atoms with Gasteiger partial charge in [-0.1, -0.05) is 49.7 Å². The highest BCUT2D eigenvalue weighted by Gasteiger charge is 2.38. The monoisotopic (exact) mass is 419 g/mol. The number of hydrogen-bond donors (Lipinski definition) is 1. The number of fused-ring (bicyclic) bond motifs is 1. The Labute approximate surface area is 185 Å². The maximum Gasteiger partial charge on any atom is 0.259 e. The van der Waals surface area contributed by atoms with Gasteiger partial charge in [0.1, 0.15) is 6.04 Å². The minimum Gasteiger partial charge on any atom is -0.354 e. The van der Waals surface area contributed by atoms with Gasteiger partial charge in [0, 0.05) is 36.8 Å². The molecule has 0 saturated carbocycles. The van der Waals surface area contributed by atoms with Crippen LogP contribution in [0.25, 0.3) is 0 Å². The van der Waals surface area contributed by atoms with E-state index in [1.807, 2.05) is 42.5 Å². The molecule has 4 rings (SSSR count). The number of para-hydroxylation sites is 1. The summed E-state index contributed by atoms with van der Waals surface area (Å²) in [5, 5.41) is 3.11. The van der Waals surface area contributed by atoms with Crippen LogP contribution >= 0.6 is 0 Å². The fraction of sp³-hybridized carbons (Fsp3) is 0.462. The first-order chi connectivity index (χ1) is 15.2. The van der Waals surface area contributed by atoms with Gasteiger partial charge < -0.3 is 10.2 Å². The molecule has 2 aliphatic heterocycles. The summed E-state index contributed by atoms with van der Waals surface area (Å²) in [5.74, 6) is -0.184. The molecule has 2 aromatic carbocycles. The Bertz CT molecular complexity index is 899. The minimum absolute atomic E-state index is 0.0637. The first kappa shape index (κ1) is 21.6. The number of nitrogens with one attached hydrogen (secondary N) is 1. The molecule has 0 radical (unpaired) electrons. The molecule has 2 aromatic rings. The third-order valence-corrected chi connectivity index (χ3v) is 6.66. The van der Waals surface area contributed by atoms with Crippen molar-refractivity contribution in [3.63, 3.8) is 0 Å². The van der Waals surface area contributed by atoms with E-state index in [-0.39, 0.29) is 11.8 Å². The van der Waals surface area contributed by atoms with Gasteiger partial charge in [-0.25, -0.2) is 0 Å². The van der Waals surface area contributed by atoms with Crippen LogP contribution in [-0.4, -0.2) is 48.4 Å². The Balaban J connectivity index is 1.39. The molecular formula is C26H33N3O2. The molecule has 0 aliphatic carbocycles. The van der Waals surface area contributed by atoms with Crippen molar-refractivity contribution < 1.29 is 9.59 Å². The highest BCUT2D eigenvalue weighted by molar-refractivity contribution is 6.11. The third-order valence-electron chi connectivity index (χ3n) is 6.66. The molecule has 2 aliphatic rings. The zero-order valence-electron chi connectivity index (χ0n) is 18.4. The lowest BCUT2D eigenvalue weighted by Gasteiger charge is -2.35. The number of piperidine rings is 1. The van der Waals surface area contributed by atoms with Gasteiger partial charge >= 0.3 is 0 Å². The molecule has 2 atom stereocenters. The van der Waals surface area contributed by atoms with Gasteiger partial charge in [-0.3, -0.25) is 14.5 Å². The molecule has 0 aromatic heterocycles. The molecule has 2 amide bonds. The number of carbonyl (C=O) groups is 2. The van der Waals surface area contributed by atoms with Crippen molar-refractivity contribution in [2.45, 2.75) is 57.5 Å². The molecule has 1 fully saturated rings. The summed E-state index contributed by atoms with van der Waals surface area (Å²) in [6.07, 6.45) is 6.60. The number of anilines is 1. The Hall–Kier alpha value is -2.66. The SMILES string of the molecule is CC[C@H]1CCCCN1CCCNC(=O)[C@@H]1Cc2ccccc2N1C(=O)c1ccccc1. The predicted octanol–water partition coefficient (Wildman–Crippen LogP) is 4.03. The summed E-state index contributed by atoms with van der Waals surface area (Å²) in [4.78, 5) is 30.6. The average Bonchev–Trinajstić information content (AvgIpc) is 3.21. The molecular weight excluding hydrogens is 386 g/mol. The fourth-order valence-electron chi connectivity index (χ4n) is 4.99. The number of nitrogens with zero attached hydrogens (tertiary/aromatic N) is 2. The van der Waals surface area contributed by atoms with Gasteiger partial charge in [-0.05, 0) is 56.0 Å². The predicted molar refractivity (Wildman–Crippen MR) is 124 cm³/mol. The first-order valence-corrected chi connectivity index (χ1v) is 11.7. The number of rotatable bonds is 7. The van der Waals surface area contributed by atoms with E-state index in [4.69, 9.17) is 0 Å². The van der Waals surface area contributed by atoms with Gasteiger partial charge in [0.05, 0.1) is 0 Å². The summed E-state index contributed by atoms with van der Waals surface area (Å²) in [6, 6.07) is 17.2. The van der Waals surface area contributed by atoms with E-state index in [0.29, 0.717) is 24.6 Å². The van der Waals surface area contributed by atoms with E-state index in [2.05, 4.69) is 17.1 Å². The maximum absolute atomic E-state index is 13.3. The van der Waals surface area contributed by atoms with Crippen molar-refractivity contribution in [1.29, 1.82) is 0 Å². The summed E-state index contributed by atoms with van der Waals surface area (Å²) in [5.41, 5.74) is 2.49. The topological polar surface area (TPSA) is 52.7 Å². The molecule has 0 bridgehead atoms. The van der Waals surface area contributed by atoms with Crippen molar-refractivity contribution in [3.05, 3.63) is 65.7 Å². The van der Waals surface area contributed by atoms with Crippen molar-refractivity contribution in [3.8, 4) is 0 Å². The van der Waals surface area contributed by atoms with Crippen molar-refractivity contribution >= 4 is 17.5 Å². The van der Waals surface area contributed by atoms with Crippen molar-refractivity contribution in [1.82, 2.24) is 10.2 Å². The highest BCUT2D eigenvalue weighted by Crippen LogP contribution is 2.33. The van der Waals surface area contributed by atoms with E-state index in [0.717, 1.165) is 24.2 Å². The fourth-order valence-corrected chi connectivity index (χ4v) is 4.99. The van der Waals surface area contributed by atoms with E-state index >= 15 is 0 Å². The molecule has 31 heavy (non-hydrogen) atoms. The van der Waals surface area contributed by atoms with Crippen LogP contribution < -0.4 is 10.2 Å². The normalized spacial score (nSPS) is 21.0. The van der Waals surface area contributed by atoms with Gasteiger partial charge in [-0.2, -0.15) is 0 Å². The average molecular weight is 420 g/mol. The quantitative estimate of drug-likeness (QED) is 0.690. The minimum atomic E-state index is -0.497. The third kappa shape index (κ3) is 4.82. The van der Waals surface area contributed by atoms with Crippen LogP contribution in [-0.2, 0) is 11.2 Å². The second-order valence-electron chi connectivity index (χ2n) is 8.63. The van der Waals surface area contributed by atoms with Gasteiger partial charge in [-0.15, -0.1) is 0 Å². The van der Waals surface area contributed by atoms with E-state index in [1.165, 1.54) is 32.2 Å². The largest absolute Gasteiger partial charge is 0.354 e. The lowest BCUT2D eigenvalue weighted by atomic mass is 10.00. The number of benzene rings is 2. The Morgan fingerprint density at radius 2 is 1.81 bits per heavy atom. The van der Waals surface area contributed by atoms with Crippen LogP contribution in [0.1, 0.15) is 54.9 Å². The summed E-state index contributed by atoms with van der Waals surface area (Å²) >= 11 is 0. The molecule has 1 N–H and O–H groups in total. The first-order valence-electron chi connectivity index (χ1n) is 11.7. The molecule has 164 valence electrons. The van der Waals surface area contributed by atoms with Crippen LogP contribution in [0.2, 0.25) is 0 Å². The summed E-state index contributed by atoms with van der Waals surface area (Å²) < 4.78 is 0. The van der Waals surface area contributed by atoms with E-state index in [1.54, 1.807) is 17.0 Å². The van der Waals surface area contributed by atoms with Gasteiger partial charge in [0.2, 0.25) is 5.91 Å². The molecule has 2 heterocycles. The molecule has 0 spiro atoms. The van der Waals surface area contributed by atoms with Gasteiger partial charge in [0.25, 0.3) is 5.91 Å². The van der Waals surface area contributed by atoms with Gasteiger partial charge in [0.15, 0.2) is 0 Å². The summed E-state index contributed by atoms with van der Waals surface area (Å²) in [6.45, 7) is 5.10. The van der Waals surface area contributed by atoms with Crippen LogP contribution in [0, 0.1) is 0 Å². The zero-order valence-corrected chi connectivity index (χ0v) is 18.4. The number of likely N-dealkylation sites (tertiary alicyclic amines) is 1. The van der Waals surface area contributed by atoms with Crippen molar-refractivity contribution in [2.24, 2.45) is 0 Å². The molecule has 1 saturated heterocycles. The standard InChI is InChI=1S/C26H33N3O2/c1-2-22-14-8-9-17-28(22)18-10-16-27-25(30)24-19-21-13-6-7-15-23(21)29(24)26(31)20-11-4-3-5-12-20/h3-7,11-13,15,22,24H,2,8-10,14,16-19H2,1H3,(H,27,30)/t22-,24-/m0/s1. The highest BCUT2D eigenvalue weighted by atomic mass is 16.2. The van der Waals surface area contributed by atoms with Crippen molar-refractivity contribution in [2.75, 3.05) is 24.5 Å². The van der Waals surface area contributed by atoms with Crippen LogP contribution in [0.15, 0.2) is 54.6 Å². The molecule has 5 nitrogen and oxygen atoms in total. The number of hydrogen-bond acceptors (Lipinski definition) is 3. The zero-order chi connectivity index (χ0) is 21.6. The Morgan fingerprint density at radius 3 is 2.61 bits per heavy atom. The smallest absolute Gasteiger partial charge is 0.259 e. The number of amides is 2. The number of carbonyl (C=O) groups excluding carboxylic acids is 2. The maximum atomic E-state index is 13.3. The van der Waals surface area contributed by atoms with Crippen LogP contribution in [0.4, 0.5) is 5.69 Å². The lowest BCUT2D eigenvalue weighted by molar-refractivity contribution is -0.122. The Morgan fingerprint density at radius 1 is 1.03 bits per heavy atom. The second-order valence-corrected chi connectivity index (χ2v) is 8.63. The van der Waals surface area contributed by atoms with Crippen LogP contribution in [0.3, 0.4) is 0 Å². The second kappa shape index (κ2) is 10.1. The molecule has 0 unspecified atom stereocenters. The Kier molecular flexibility index (Phi) is 7.03. The van der Waals surface area contributed by atoms with E-state index in [9.17, 15) is 9.59 Å². The summed E-state index contributed by atoms with van der Waals surface area (Å²) in [7, 11) is 0. The molecule has 5 heteroatoms. The van der Waals surface area contributed by atoms with E-state index < -0.39 is 6.04 Å². The van der Waals surface area contributed by atoms with Crippen LogP contribution in [0.5, 0.6) is 0 Å².